The first-order valence-corrected chi connectivity index (χ1v) is 6.54. The van der Waals surface area contributed by atoms with Crippen LogP contribution in [0.15, 0.2) is 24.4 Å². The van der Waals surface area contributed by atoms with Crippen LogP contribution >= 0.6 is 0 Å². The number of hydrogen-bond donors (Lipinski definition) is 1. The molecule has 0 radical (unpaired) electrons. The Hall–Kier alpha value is -0.930. The maximum absolute atomic E-state index is 4.43. The molecule has 1 aliphatic heterocycles. The largest absolute Gasteiger partial charge is 0.311 e. The minimum Gasteiger partial charge on any atom is -0.311 e. The minimum atomic E-state index is 0.578. The molecule has 17 heavy (non-hydrogen) atoms. The lowest BCUT2D eigenvalue weighted by Crippen LogP contribution is -2.56. The number of hydrogen-bond acceptors (Lipinski definition) is 3. The molecule has 0 bridgehead atoms. The third kappa shape index (κ3) is 3.27. The molecule has 1 aromatic heterocycles. The van der Waals surface area contributed by atoms with Gasteiger partial charge >= 0.3 is 0 Å². The van der Waals surface area contributed by atoms with Crippen LogP contribution in [0, 0.1) is 5.92 Å². The van der Waals surface area contributed by atoms with Crippen LogP contribution in [0.2, 0.25) is 0 Å². The van der Waals surface area contributed by atoms with Gasteiger partial charge in [-0.15, -0.1) is 0 Å². The molecule has 0 saturated carbocycles. The summed E-state index contributed by atoms with van der Waals surface area (Å²) in [5.41, 5.74) is 1.17. The normalized spacial score (nSPS) is 26.4. The number of aromatic nitrogens is 1. The second-order valence-electron chi connectivity index (χ2n) is 5.37. The highest BCUT2D eigenvalue weighted by molar-refractivity contribution is 5.04. The molecule has 2 atom stereocenters. The van der Waals surface area contributed by atoms with Gasteiger partial charge in [-0.1, -0.05) is 19.9 Å². The Morgan fingerprint density at radius 1 is 1.47 bits per heavy atom. The number of nitrogens with one attached hydrogen (secondary N) is 1. The van der Waals surface area contributed by atoms with Crippen molar-refractivity contribution in [2.24, 2.45) is 5.92 Å². The van der Waals surface area contributed by atoms with E-state index in [1.165, 1.54) is 5.69 Å². The lowest BCUT2D eigenvalue weighted by Gasteiger charge is -2.41. The third-order valence-electron chi connectivity index (χ3n) is 3.51. The molecule has 2 unspecified atom stereocenters. The molecular formula is C14H23N3. The zero-order valence-corrected chi connectivity index (χ0v) is 11.1. The minimum absolute atomic E-state index is 0.578. The molecule has 3 heteroatoms. The van der Waals surface area contributed by atoms with E-state index in [0.717, 1.165) is 19.6 Å². The lowest BCUT2D eigenvalue weighted by molar-refractivity contribution is 0.0943. The SMILES string of the molecule is CC1CN(Cc2ccccn2)C(C(C)C)CN1. The first-order valence-electron chi connectivity index (χ1n) is 6.54. The highest BCUT2D eigenvalue weighted by Crippen LogP contribution is 2.17. The van der Waals surface area contributed by atoms with Gasteiger partial charge in [0.25, 0.3) is 0 Å². The zero-order valence-electron chi connectivity index (χ0n) is 11.1. The number of piperazine rings is 1. The smallest absolute Gasteiger partial charge is 0.0544 e. The first-order chi connectivity index (χ1) is 8.16. The molecule has 0 spiro atoms. The van der Waals surface area contributed by atoms with Gasteiger partial charge in [0.1, 0.15) is 0 Å². The molecule has 1 aromatic rings. The van der Waals surface area contributed by atoms with Gasteiger partial charge in [0.15, 0.2) is 0 Å². The van der Waals surface area contributed by atoms with Gasteiger partial charge in [0, 0.05) is 37.9 Å². The van der Waals surface area contributed by atoms with Crippen molar-refractivity contribution < 1.29 is 0 Å². The Balaban J connectivity index is 2.05. The van der Waals surface area contributed by atoms with E-state index in [2.05, 4.69) is 48.1 Å². The highest BCUT2D eigenvalue weighted by Gasteiger charge is 2.27. The van der Waals surface area contributed by atoms with Gasteiger partial charge in [0.05, 0.1) is 5.69 Å². The standard InChI is InChI=1S/C14H23N3/c1-11(2)14-8-16-12(3)9-17(14)10-13-6-4-5-7-15-13/h4-7,11-12,14,16H,8-10H2,1-3H3. The van der Waals surface area contributed by atoms with Crippen LogP contribution in [-0.4, -0.2) is 35.1 Å². The summed E-state index contributed by atoms with van der Waals surface area (Å²) in [6.07, 6.45) is 1.88. The summed E-state index contributed by atoms with van der Waals surface area (Å²) in [5.74, 6) is 0.679. The second kappa shape index (κ2) is 5.61. The van der Waals surface area contributed by atoms with Gasteiger partial charge in [-0.3, -0.25) is 9.88 Å². The topological polar surface area (TPSA) is 28.2 Å². The Bertz CT molecular complexity index is 337. The van der Waals surface area contributed by atoms with E-state index in [4.69, 9.17) is 0 Å². The molecule has 94 valence electrons. The lowest BCUT2D eigenvalue weighted by atomic mass is 9.98. The predicted molar refractivity (Wildman–Crippen MR) is 70.7 cm³/mol. The maximum Gasteiger partial charge on any atom is 0.0544 e. The molecule has 1 N–H and O–H groups in total. The van der Waals surface area contributed by atoms with Gasteiger partial charge in [-0.05, 0) is 25.0 Å². The average molecular weight is 233 g/mol. The number of nitrogens with zero attached hydrogens (tertiary/aromatic N) is 2. The van der Waals surface area contributed by atoms with Crippen molar-refractivity contribution in [1.29, 1.82) is 0 Å². The van der Waals surface area contributed by atoms with E-state index in [1.54, 1.807) is 0 Å². The van der Waals surface area contributed by atoms with Crippen LogP contribution in [0.25, 0.3) is 0 Å². The summed E-state index contributed by atoms with van der Waals surface area (Å²) < 4.78 is 0. The quantitative estimate of drug-likeness (QED) is 0.864. The van der Waals surface area contributed by atoms with Crippen LogP contribution in [-0.2, 0) is 6.54 Å². The fourth-order valence-electron chi connectivity index (χ4n) is 2.54. The summed E-state index contributed by atoms with van der Waals surface area (Å²) >= 11 is 0. The van der Waals surface area contributed by atoms with E-state index < -0.39 is 0 Å². The third-order valence-corrected chi connectivity index (χ3v) is 3.51. The summed E-state index contributed by atoms with van der Waals surface area (Å²) in [6, 6.07) is 7.36. The van der Waals surface area contributed by atoms with E-state index in [9.17, 15) is 0 Å². The fourth-order valence-corrected chi connectivity index (χ4v) is 2.54. The molecular weight excluding hydrogens is 210 g/mol. The first kappa shape index (κ1) is 12.5. The molecule has 1 fully saturated rings. The van der Waals surface area contributed by atoms with Gasteiger partial charge in [-0.25, -0.2) is 0 Å². The summed E-state index contributed by atoms with van der Waals surface area (Å²) in [4.78, 5) is 6.99. The molecule has 2 heterocycles. The summed E-state index contributed by atoms with van der Waals surface area (Å²) in [6.45, 7) is 10.0. The number of rotatable bonds is 3. The Labute approximate surface area is 104 Å². The fraction of sp³-hybridized carbons (Fsp3) is 0.643. The Morgan fingerprint density at radius 3 is 2.94 bits per heavy atom. The molecule has 0 aliphatic carbocycles. The van der Waals surface area contributed by atoms with Gasteiger partial charge in [0.2, 0.25) is 0 Å². The monoisotopic (exact) mass is 233 g/mol. The van der Waals surface area contributed by atoms with E-state index in [1.807, 2.05) is 12.3 Å². The van der Waals surface area contributed by atoms with Crippen LogP contribution in [0.3, 0.4) is 0 Å². The van der Waals surface area contributed by atoms with Crippen molar-refractivity contribution in [3.05, 3.63) is 30.1 Å². The van der Waals surface area contributed by atoms with Crippen molar-refractivity contribution in [1.82, 2.24) is 15.2 Å². The molecule has 1 saturated heterocycles. The van der Waals surface area contributed by atoms with Crippen LogP contribution < -0.4 is 5.32 Å². The van der Waals surface area contributed by atoms with Crippen molar-refractivity contribution in [2.45, 2.75) is 39.4 Å². The van der Waals surface area contributed by atoms with E-state index in [0.29, 0.717) is 18.0 Å². The summed E-state index contributed by atoms with van der Waals surface area (Å²) in [7, 11) is 0. The summed E-state index contributed by atoms with van der Waals surface area (Å²) in [5, 5.41) is 3.57. The van der Waals surface area contributed by atoms with Crippen LogP contribution in [0.5, 0.6) is 0 Å². The Morgan fingerprint density at radius 2 is 2.29 bits per heavy atom. The van der Waals surface area contributed by atoms with Crippen molar-refractivity contribution >= 4 is 0 Å². The van der Waals surface area contributed by atoms with E-state index >= 15 is 0 Å². The predicted octanol–water partition coefficient (Wildman–Crippen LogP) is 1.90. The zero-order chi connectivity index (χ0) is 12.3. The molecule has 3 nitrogen and oxygen atoms in total. The van der Waals surface area contributed by atoms with Crippen molar-refractivity contribution in [2.75, 3.05) is 13.1 Å². The molecule has 2 rings (SSSR count). The molecule has 0 amide bonds. The van der Waals surface area contributed by atoms with Gasteiger partial charge < -0.3 is 5.32 Å². The second-order valence-corrected chi connectivity index (χ2v) is 5.37. The highest BCUT2D eigenvalue weighted by atomic mass is 15.2. The molecule has 0 aromatic carbocycles. The van der Waals surface area contributed by atoms with Crippen LogP contribution in [0.1, 0.15) is 26.5 Å². The van der Waals surface area contributed by atoms with Gasteiger partial charge in [-0.2, -0.15) is 0 Å². The van der Waals surface area contributed by atoms with Crippen molar-refractivity contribution in [3.63, 3.8) is 0 Å². The molecule has 1 aliphatic rings. The van der Waals surface area contributed by atoms with Crippen molar-refractivity contribution in [3.8, 4) is 0 Å². The average Bonchev–Trinajstić information content (AvgIpc) is 2.30. The van der Waals surface area contributed by atoms with E-state index in [-0.39, 0.29) is 0 Å². The Kier molecular flexibility index (Phi) is 4.13. The maximum atomic E-state index is 4.43. The van der Waals surface area contributed by atoms with Crippen LogP contribution in [0.4, 0.5) is 0 Å². The number of pyridine rings is 1.